The van der Waals surface area contributed by atoms with Gasteiger partial charge < -0.3 is 10.2 Å². The molecule has 7 nitrogen and oxygen atoms in total. The van der Waals surface area contributed by atoms with Gasteiger partial charge in [-0.2, -0.15) is 0 Å². The molecule has 0 aliphatic rings. The molecule has 2 atom stereocenters. The van der Waals surface area contributed by atoms with Gasteiger partial charge in [-0.1, -0.05) is 61.8 Å². The molecule has 1 N–H and O–H groups in total. The first-order valence-electron chi connectivity index (χ1n) is 11.9. The number of hydrogen-bond acceptors (Lipinski definition) is 4. The van der Waals surface area contributed by atoms with Crippen molar-refractivity contribution in [1.29, 1.82) is 0 Å². The lowest BCUT2D eigenvalue weighted by molar-refractivity contribution is -0.141. The smallest absolute Gasteiger partial charge is 0.243 e. The first kappa shape index (κ1) is 28.7. The summed E-state index contributed by atoms with van der Waals surface area (Å²) in [5, 5.41) is 3.50. The van der Waals surface area contributed by atoms with Crippen LogP contribution >= 0.6 is 11.6 Å². The molecule has 2 rings (SSSR count). The Morgan fingerprint density at radius 1 is 1.00 bits per heavy atom. The Bertz CT molecular complexity index is 1080. The van der Waals surface area contributed by atoms with Gasteiger partial charge in [0.25, 0.3) is 0 Å². The number of amides is 2. The number of sulfonamides is 1. The molecule has 0 radical (unpaired) electrons. The molecular weight excluding hydrogens is 486 g/mol. The molecule has 0 aliphatic carbocycles. The second-order valence-corrected chi connectivity index (χ2v) is 10.9. The lowest BCUT2D eigenvalue weighted by atomic mass is 10.1. The van der Waals surface area contributed by atoms with Crippen molar-refractivity contribution in [3.05, 3.63) is 65.2 Å². The van der Waals surface area contributed by atoms with E-state index in [1.807, 2.05) is 45.0 Å². The normalized spacial score (nSPS) is 13.1. The Kier molecular flexibility index (Phi) is 11.0. The van der Waals surface area contributed by atoms with E-state index in [0.717, 1.165) is 18.2 Å². The third-order valence-corrected chi connectivity index (χ3v) is 7.44. The summed E-state index contributed by atoms with van der Waals surface area (Å²) >= 11 is 6.36. The van der Waals surface area contributed by atoms with E-state index >= 15 is 0 Å². The molecule has 2 amide bonds. The Hall–Kier alpha value is -2.58. The minimum absolute atomic E-state index is 0.0111. The van der Waals surface area contributed by atoms with E-state index in [1.165, 1.54) is 4.31 Å². The highest BCUT2D eigenvalue weighted by Gasteiger charge is 2.29. The van der Waals surface area contributed by atoms with Crippen LogP contribution in [-0.2, 0) is 26.2 Å². The number of halogens is 1. The molecule has 0 saturated heterocycles. The molecule has 0 aromatic heterocycles. The zero-order chi connectivity index (χ0) is 26.0. The average molecular weight is 522 g/mol. The van der Waals surface area contributed by atoms with Crippen molar-refractivity contribution in [3.8, 4) is 0 Å². The van der Waals surface area contributed by atoms with E-state index in [9.17, 15) is 18.0 Å². The third-order valence-electron chi connectivity index (χ3n) is 5.88. The number of rotatable bonds is 13. The molecule has 0 bridgehead atoms. The van der Waals surface area contributed by atoms with Crippen molar-refractivity contribution in [1.82, 2.24) is 10.2 Å². The maximum Gasteiger partial charge on any atom is 0.243 e. The number of benzene rings is 2. The molecule has 0 spiro atoms. The van der Waals surface area contributed by atoms with Crippen LogP contribution in [0, 0.1) is 0 Å². The predicted octanol–water partition coefficient (Wildman–Crippen LogP) is 4.61. The molecule has 0 aliphatic heterocycles. The van der Waals surface area contributed by atoms with Gasteiger partial charge in [0.05, 0.1) is 11.9 Å². The van der Waals surface area contributed by atoms with E-state index in [0.29, 0.717) is 23.6 Å². The van der Waals surface area contributed by atoms with Crippen LogP contribution in [0.1, 0.15) is 52.0 Å². The summed E-state index contributed by atoms with van der Waals surface area (Å²) in [5.74, 6) is -0.429. The maximum atomic E-state index is 13.4. The van der Waals surface area contributed by atoms with Crippen LogP contribution in [0.2, 0.25) is 5.02 Å². The number of nitrogens with zero attached hydrogens (tertiary/aromatic N) is 2. The largest absolute Gasteiger partial charge is 0.352 e. The van der Waals surface area contributed by atoms with E-state index in [2.05, 4.69) is 5.32 Å². The summed E-state index contributed by atoms with van der Waals surface area (Å²) < 4.78 is 26.0. The van der Waals surface area contributed by atoms with Gasteiger partial charge in [0.1, 0.15) is 6.04 Å². The second-order valence-electron chi connectivity index (χ2n) is 8.63. The summed E-state index contributed by atoms with van der Waals surface area (Å²) in [4.78, 5) is 28.0. The SMILES string of the molecule is CCC(C)NC(=O)C(CC)N(Cc1ccccc1Cl)C(=O)CCCN(c1ccccc1)S(C)(=O)=O. The molecular formula is C26H36ClN3O4S. The fourth-order valence-corrected chi connectivity index (χ4v) is 4.93. The van der Waals surface area contributed by atoms with Crippen LogP contribution in [0.25, 0.3) is 0 Å². The summed E-state index contributed by atoms with van der Waals surface area (Å²) in [7, 11) is -3.51. The van der Waals surface area contributed by atoms with Gasteiger partial charge in [-0.25, -0.2) is 8.42 Å². The number of carbonyl (C=O) groups is 2. The minimum atomic E-state index is -3.51. The van der Waals surface area contributed by atoms with E-state index < -0.39 is 16.1 Å². The van der Waals surface area contributed by atoms with Crippen LogP contribution < -0.4 is 9.62 Å². The standard InChI is InChI=1S/C26H36ClN3O4S/c1-5-20(3)28-26(32)24(6-2)29(19-21-13-10-11-16-23(21)27)25(31)17-12-18-30(35(4,33)34)22-14-8-7-9-15-22/h7-11,13-16,20,24H,5-6,12,17-19H2,1-4H3,(H,28,32). The molecule has 35 heavy (non-hydrogen) atoms. The van der Waals surface area contributed by atoms with Crippen molar-refractivity contribution in [3.63, 3.8) is 0 Å². The van der Waals surface area contributed by atoms with Crippen LogP contribution in [0.4, 0.5) is 5.69 Å². The first-order valence-corrected chi connectivity index (χ1v) is 14.2. The molecule has 192 valence electrons. The van der Waals surface area contributed by atoms with Gasteiger partial charge in [0, 0.05) is 30.6 Å². The number of carbonyl (C=O) groups excluding carboxylic acids is 2. The molecule has 9 heteroatoms. The Morgan fingerprint density at radius 2 is 1.63 bits per heavy atom. The van der Waals surface area contributed by atoms with Gasteiger partial charge in [0.2, 0.25) is 21.8 Å². The number of para-hydroxylation sites is 1. The van der Waals surface area contributed by atoms with Crippen molar-refractivity contribution in [2.75, 3.05) is 17.1 Å². The van der Waals surface area contributed by atoms with E-state index in [-0.39, 0.29) is 37.4 Å². The minimum Gasteiger partial charge on any atom is -0.352 e. The van der Waals surface area contributed by atoms with E-state index in [1.54, 1.807) is 35.2 Å². The highest BCUT2D eigenvalue weighted by atomic mass is 35.5. The maximum absolute atomic E-state index is 13.4. The predicted molar refractivity (Wildman–Crippen MR) is 142 cm³/mol. The van der Waals surface area contributed by atoms with Gasteiger partial charge >= 0.3 is 0 Å². The van der Waals surface area contributed by atoms with Crippen molar-refractivity contribution in [2.24, 2.45) is 0 Å². The molecule has 2 aromatic carbocycles. The highest BCUT2D eigenvalue weighted by molar-refractivity contribution is 7.92. The highest BCUT2D eigenvalue weighted by Crippen LogP contribution is 2.22. The second kappa shape index (κ2) is 13.5. The topological polar surface area (TPSA) is 86.8 Å². The number of hydrogen-bond donors (Lipinski definition) is 1. The zero-order valence-electron chi connectivity index (χ0n) is 20.9. The van der Waals surface area contributed by atoms with Gasteiger partial charge in [-0.15, -0.1) is 0 Å². The first-order chi connectivity index (χ1) is 16.6. The number of anilines is 1. The van der Waals surface area contributed by atoms with Crippen molar-refractivity contribution < 1.29 is 18.0 Å². The summed E-state index contributed by atoms with van der Waals surface area (Å²) in [6.07, 6.45) is 2.77. The summed E-state index contributed by atoms with van der Waals surface area (Å²) in [6, 6.07) is 15.4. The summed E-state index contributed by atoms with van der Waals surface area (Å²) in [5.41, 5.74) is 1.30. The Balaban J connectivity index is 2.22. The molecule has 2 unspecified atom stereocenters. The van der Waals surface area contributed by atoms with Crippen LogP contribution in [0.5, 0.6) is 0 Å². The van der Waals surface area contributed by atoms with E-state index in [4.69, 9.17) is 11.6 Å². The Labute approximate surface area is 214 Å². The van der Waals surface area contributed by atoms with Crippen molar-refractivity contribution >= 4 is 39.1 Å². The lowest BCUT2D eigenvalue weighted by Crippen LogP contribution is -2.50. The molecule has 2 aromatic rings. The summed E-state index contributed by atoms with van der Waals surface area (Å²) in [6.45, 7) is 6.13. The zero-order valence-corrected chi connectivity index (χ0v) is 22.5. The number of nitrogens with one attached hydrogen (secondary N) is 1. The quantitative estimate of drug-likeness (QED) is 0.417. The fraction of sp³-hybridized carbons (Fsp3) is 0.462. The third kappa shape index (κ3) is 8.54. The molecule has 0 fully saturated rings. The monoisotopic (exact) mass is 521 g/mol. The van der Waals surface area contributed by atoms with Gasteiger partial charge in [-0.3, -0.25) is 13.9 Å². The lowest BCUT2D eigenvalue weighted by Gasteiger charge is -2.32. The van der Waals surface area contributed by atoms with Crippen LogP contribution in [0.15, 0.2) is 54.6 Å². The van der Waals surface area contributed by atoms with Crippen molar-refractivity contribution in [2.45, 2.75) is 65.1 Å². The Morgan fingerprint density at radius 3 is 2.20 bits per heavy atom. The van der Waals surface area contributed by atoms with Crippen LogP contribution in [-0.4, -0.2) is 50.0 Å². The van der Waals surface area contributed by atoms with Gasteiger partial charge in [0.15, 0.2) is 0 Å². The fourth-order valence-electron chi connectivity index (χ4n) is 3.77. The van der Waals surface area contributed by atoms with Crippen LogP contribution in [0.3, 0.4) is 0 Å². The molecule has 0 saturated carbocycles. The average Bonchev–Trinajstić information content (AvgIpc) is 2.82. The van der Waals surface area contributed by atoms with Gasteiger partial charge in [-0.05, 0) is 49.9 Å². The molecule has 0 heterocycles.